The van der Waals surface area contributed by atoms with Crippen molar-refractivity contribution >= 4 is 5.97 Å². The largest absolute Gasteiger partial charge is 0.468 e. The van der Waals surface area contributed by atoms with Crippen molar-refractivity contribution in [1.82, 2.24) is 16.2 Å². The van der Waals surface area contributed by atoms with Gasteiger partial charge in [0.1, 0.15) is 6.04 Å². The molecular formula is C9H20F3N4O2+. The lowest BCUT2D eigenvalue weighted by atomic mass is 10.2. The first kappa shape index (κ1) is 17.1. The summed E-state index contributed by atoms with van der Waals surface area (Å²) in [7, 11) is 3.23. The highest BCUT2D eigenvalue weighted by atomic mass is 19.4. The first-order chi connectivity index (χ1) is 8.27. The number of ether oxygens (including phenoxy) is 1. The van der Waals surface area contributed by atoms with Gasteiger partial charge in [-0.05, 0) is 6.42 Å². The molecule has 0 saturated carbocycles. The number of quaternary nitrogens is 1. The van der Waals surface area contributed by atoms with Gasteiger partial charge in [0.2, 0.25) is 0 Å². The third-order valence-electron chi connectivity index (χ3n) is 2.08. The quantitative estimate of drug-likeness (QED) is 0.290. The van der Waals surface area contributed by atoms with Gasteiger partial charge in [0.15, 0.2) is 0 Å². The molecule has 1 aliphatic heterocycles. The molecule has 1 fully saturated rings. The van der Waals surface area contributed by atoms with Gasteiger partial charge in [0.25, 0.3) is 0 Å². The van der Waals surface area contributed by atoms with Crippen LogP contribution in [0.1, 0.15) is 13.3 Å². The van der Waals surface area contributed by atoms with E-state index in [1.165, 1.54) is 7.11 Å². The number of hydrogen-bond acceptors (Lipinski definition) is 5. The molecule has 0 aliphatic carbocycles. The molecule has 18 heavy (non-hydrogen) atoms. The molecule has 1 heterocycles. The second-order valence-corrected chi connectivity index (χ2v) is 3.80. The molecule has 6 nitrogen and oxygen atoms in total. The fourth-order valence-electron chi connectivity index (χ4n) is 1.39. The first-order valence-corrected chi connectivity index (χ1v) is 5.41. The van der Waals surface area contributed by atoms with Crippen LogP contribution in [0.3, 0.4) is 0 Å². The van der Waals surface area contributed by atoms with Gasteiger partial charge in [-0.15, -0.1) is 5.43 Å². The van der Waals surface area contributed by atoms with Gasteiger partial charge in [-0.2, -0.15) is 24.1 Å². The second kappa shape index (κ2) is 8.25. The molecule has 2 atom stereocenters. The molecule has 0 aromatic carbocycles. The monoisotopic (exact) mass is 273 g/mol. The van der Waals surface area contributed by atoms with Crippen LogP contribution in [0, 0.1) is 0 Å². The lowest BCUT2D eigenvalue weighted by molar-refractivity contribution is -0.763. The number of nitrogens with one attached hydrogen (secondary N) is 3. The Morgan fingerprint density at radius 2 is 2.06 bits per heavy atom. The zero-order valence-electron chi connectivity index (χ0n) is 10.6. The summed E-state index contributed by atoms with van der Waals surface area (Å²) in [6.45, 7) is 0.977. The minimum atomic E-state index is -4.00. The molecule has 0 spiro atoms. The van der Waals surface area contributed by atoms with Crippen LogP contribution >= 0.6 is 0 Å². The fourth-order valence-corrected chi connectivity index (χ4v) is 1.39. The summed E-state index contributed by atoms with van der Waals surface area (Å²) in [5.41, 5.74) is 7.78. The smallest absolute Gasteiger partial charge is 0.386 e. The SMILES string of the molecule is CC(F)(F)F.CN[NH2+]NC1CNC(C(=O)OC)C1. The summed E-state index contributed by atoms with van der Waals surface area (Å²) in [6.07, 6.45) is -3.23. The molecule has 0 amide bonds. The molecule has 1 aliphatic rings. The van der Waals surface area contributed by atoms with Crippen LogP contribution in [0.4, 0.5) is 13.2 Å². The van der Waals surface area contributed by atoms with Gasteiger partial charge < -0.3 is 10.1 Å². The highest BCUT2D eigenvalue weighted by molar-refractivity contribution is 5.76. The molecule has 0 aromatic rings. The van der Waals surface area contributed by atoms with Crippen LogP contribution in [0.2, 0.25) is 0 Å². The average molecular weight is 273 g/mol. The second-order valence-electron chi connectivity index (χ2n) is 3.80. The number of esters is 1. The number of carbonyl (C=O) groups excluding carboxylic acids is 1. The van der Waals surface area contributed by atoms with Gasteiger partial charge >= 0.3 is 12.1 Å². The van der Waals surface area contributed by atoms with Gasteiger partial charge in [-0.1, -0.05) is 0 Å². The molecule has 1 saturated heterocycles. The van der Waals surface area contributed by atoms with Crippen molar-refractivity contribution < 1.29 is 28.2 Å². The van der Waals surface area contributed by atoms with E-state index in [2.05, 4.69) is 20.9 Å². The summed E-state index contributed by atoms with van der Waals surface area (Å²) < 4.78 is 35.7. The predicted octanol–water partition coefficient (Wildman–Crippen LogP) is -1.34. The van der Waals surface area contributed by atoms with Crippen LogP contribution in [0.25, 0.3) is 0 Å². The fraction of sp³-hybridized carbons (Fsp3) is 0.889. The summed E-state index contributed by atoms with van der Waals surface area (Å²) in [4.78, 5) is 11.1. The van der Waals surface area contributed by atoms with Crippen LogP contribution in [0.5, 0.6) is 0 Å². The van der Waals surface area contributed by atoms with Crippen molar-refractivity contribution in [2.24, 2.45) is 0 Å². The van der Waals surface area contributed by atoms with Crippen molar-refractivity contribution in [2.75, 3.05) is 20.7 Å². The third-order valence-corrected chi connectivity index (χ3v) is 2.08. The Morgan fingerprint density at radius 3 is 2.50 bits per heavy atom. The number of hydrogen-bond donors (Lipinski definition) is 4. The lowest BCUT2D eigenvalue weighted by Crippen LogP contribution is -3.01. The molecule has 1 rings (SSSR count). The highest BCUT2D eigenvalue weighted by Crippen LogP contribution is 2.10. The number of alkyl halides is 3. The Kier molecular flexibility index (Phi) is 7.83. The van der Waals surface area contributed by atoms with Crippen molar-refractivity contribution in [3.8, 4) is 0 Å². The van der Waals surface area contributed by atoms with Crippen LogP contribution in [0.15, 0.2) is 0 Å². The van der Waals surface area contributed by atoms with E-state index < -0.39 is 6.18 Å². The Morgan fingerprint density at radius 1 is 1.50 bits per heavy atom. The summed E-state index contributed by atoms with van der Waals surface area (Å²) in [5.74, 6) is -0.186. The van der Waals surface area contributed by atoms with Crippen molar-refractivity contribution in [3.05, 3.63) is 0 Å². The number of nitrogens with two attached hydrogens (primary N) is 1. The van der Waals surface area contributed by atoms with E-state index in [1.54, 1.807) is 5.53 Å². The normalized spacial score (nSPS) is 23.2. The zero-order valence-corrected chi connectivity index (χ0v) is 10.6. The van der Waals surface area contributed by atoms with E-state index in [9.17, 15) is 18.0 Å². The average Bonchev–Trinajstić information content (AvgIpc) is 2.71. The van der Waals surface area contributed by atoms with E-state index in [0.29, 0.717) is 6.04 Å². The zero-order chi connectivity index (χ0) is 14.2. The summed E-state index contributed by atoms with van der Waals surface area (Å²) in [5, 5.41) is 3.08. The molecule has 2 unspecified atom stereocenters. The minimum absolute atomic E-state index is 0.159. The van der Waals surface area contributed by atoms with Crippen LogP contribution < -0.4 is 21.7 Å². The topological polar surface area (TPSA) is 79.0 Å². The van der Waals surface area contributed by atoms with Crippen molar-refractivity contribution in [3.63, 3.8) is 0 Å². The summed E-state index contributed by atoms with van der Waals surface area (Å²) >= 11 is 0. The molecule has 0 bridgehead atoms. The van der Waals surface area contributed by atoms with Crippen molar-refractivity contribution in [1.29, 1.82) is 0 Å². The lowest BCUT2D eigenvalue weighted by Gasteiger charge is -2.08. The van der Waals surface area contributed by atoms with Gasteiger partial charge in [-0.3, -0.25) is 4.79 Å². The maximum atomic E-state index is 11.1. The number of carbonyl (C=O) groups is 1. The number of rotatable bonds is 4. The van der Waals surface area contributed by atoms with E-state index in [-0.39, 0.29) is 18.9 Å². The third kappa shape index (κ3) is 9.16. The molecule has 0 radical (unpaired) electrons. The maximum absolute atomic E-state index is 11.1. The Bertz CT molecular complexity index is 244. The van der Waals surface area contributed by atoms with Gasteiger partial charge in [0, 0.05) is 20.5 Å². The van der Waals surface area contributed by atoms with Gasteiger partial charge in [-0.25, -0.2) is 0 Å². The Balaban J connectivity index is 0.000000494. The van der Waals surface area contributed by atoms with E-state index in [1.807, 2.05) is 7.05 Å². The maximum Gasteiger partial charge on any atom is 0.386 e. The van der Waals surface area contributed by atoms with E-state index in [4.69, 9.17) is 0 Å². The first-order valence-electron chi connectivity index (χ1n) is 5.41. The van der Waals surface area contributed by atoms with E-state index >= 15 is 0 Å². The van der Waals surface area contributed by atoms with Crippen LogP contribution in [-0.4, -0.2) is 44.9 Å². The predicted molar refractivity (Wildman–Crippen MR) is 58.1 cm³/mol. The molecule has 9 heteroatoms. The minimum Gasteiger partial charge on any atom is -0.468 e. The summed E-state index contributed by atoms with van der Waals surface area (Å²) in [6, 6.07) is 0.143. The highest BCUT2D eigenvalue weighted by Gasteiger charge is 2.30. The molecular weight excluding hydrogens is 253 g/mol. The van der Waals surface area contributed by atoms with E-state index in [0.717, 1.165) is 13.0 Å². The molecule has 5 N–H and O–H groups in total. The Labute approximate surface area is 104 Å². The van der Waals surface area contributed by atoms with Gasteiger partial charge in [0.05, 0.1) is 13.2 Å². The molecule has 108 valence electrons. The van der Waals surface area contributed by atoms with Crippen molar-refractivity contribution in [2.45, 2.75) is 31.6 Å². The van der Waals surface area contributed by atoms with Crippen LogP contribution in [-0.2, 0) is 9.53 Å². The Hall–Kier alpha value is -0.900. The standard InChI is InChI=1S/C7H16N4O2.C2H3F3/c1-8-11-10-5-3-6(9-4-5)7(12)13-2;1-2(3,4)5/h5-6,8-11H,3-4H2,1-2H3;1H3/p+1. The number of halogens is 3. The molecule has 0 aromatic heterocycles. The number of methoxy groups -OCH3 is 1.